The van der Waals surface area contributed by atoms with Crippen LogP contribution in [-0.4, -0.2) is 6.29 Å². The summed E-state index contributed by atoms with van der Waals surface area (Å²) in [4.78, 5) is 9.91. The summed E-state index contributed by atoms with van der Waals surface area (Å²) in [5.74, 6) is 0. The molecule has 0 spiro atoms. The van der Waals surface area contributed by atoms with E-state index in [1.165, 1.54) is 11.6 Å². The third kappa shape index (κ3) is 2.80. The summed E-state index contributed by atoms with van der Waals surface area (Å²) >= 11 is 0. The second kappa shape index (κ2) is 4.45. The second-order valence-corrected chi connectivity index (χ2v) is 2.25. The third-order valence-electron chi connectivity index (χ3n) is 1.41. The minimum Gasteiger partial charge on any atom is -0.299 e. The van der Waals surface area contributed by atoms with Crippen LogP contribution < -0.4 is 0 Å². The first-order chi connectivity index (χ1) is 5.43. The van der Waals surface area contributed by atoms with Crippen molar-refractivity contribution < 1.29 is 4.79 Å². The molecule has 1 nitrogen and oxygen atoms in total. The maximum atomic E-state index is 9.91. The van der Waals surface area contributed by atoms with Gasteiger partial charge in [-0.1, -0.05) is 36.4 Å². The van der Waals surface area contributed by atoms with E-state index < -0.39 is 0 Å². The number of allylic oxidation sites excluding steroid dienone is 2. The van der Waals surface area contributed by atoms with E-state index in [2.05, 4.69) is 0 Å². The van der Waals surface area contributed by atoms with Crippen LogP contribution in [0.5, 0.6) is 0 Å². The van der Waals surface area contributed by atoms with Crippen molar-refractivity contribution in [3.05, 3.63) is 48.0 Å². The fourth-order valence-corrected chi connectivity index (χ4v) is 0.874. The average Bonchev–Trinajstić information content (AvgIpc) is 2.07. The zero-order valence-corrected chi connectivity index (χ0v) is 6.23. The molecule has 1 rings (SSSR count). The predicted molar refractivity (Wildman–Crippen MR) is 45.4 cm³/mol. The molecule has 0 saturated carbocycles. The number of hydrogen-bond donors (Lipinski definition) is 0. The highest BCUT2D eigenvalue weighted by Crippen LogP contribution is 1.99. The van der Waals surface area contributed by atoms with Gasteiger partial charge in [0.1, 0.15) is 6.29 Å². The van der Waals surface area contributed by atoms with Gasteiger partial charge in [-0.2, -0.15) is 0 Å². The van der Waals surface area contributed by atoms with Crippen LogP contribution in [-0.2, 0) is 11.2 Å². The van der Waals surface area contributed by atoms with E-state index in [1.54, 1.807) is 0 Å². The molecule has 11 heavy (non-hydrogen) atoms. The van der Waals surface area contributed by atoms with Crippen molar-refractivity contribution in [3.63, 3.8) is 0 Å². The van der Waals surface area contributed by atoms with Gasteiger partial charge < -0.3 is 0 Å². The molecule has 0 aliphatic rings. The molecule has 0 N–H and O–H groups in total. The molecule has 1 heteroatoms. The lowest BCUT2D eigenvalue weighted by molar-refractivity contribution is -0.104. The number of aldehydes is 1. The molecular weight excluding hydrogens is 136 g/mol. The monoisotopic (exact) mass is 146 g/mol. The van der Waals surface area contributed by atoms with Crippen LogP contribution in [0.25, 0.3) is 0 Å². The molecule has 0 unspecified atom stereocenters. The van der Waals surface area contributed by atoms with Crippen molar-refractivity contribution in [3.8, 4) is 0 Å². The van der Waals surface area contributed by atoms with Gasteiger partial charge in [0.15, 0.2) is 0 Å². The van der Waals surface area contributed by atoms with E-state index in [4.69, 9.17) is 0 Å². The molecule has 56 valence electrons. The first kappa shape index (κ1) is 7.73. The van der Waals surface area contributed by atoms with E-state index >= 15 is 0 Å². The van der Waals surface area contributed by atoms with Crippen LogP contribution in [0.3, 0.4) is 0 Å². The Bertz CT molecular complexity index is 236. The van der Waals surface area contributed by atoms with Crippen molar-refractivity contribution in [2.75, 3.05) is 0 Å². The van der Waals surface area contributed by atoms with Gasteiger partial charge in [0, 0.05) is 0 Å². The molecule has 0 aromatic heterocycles. The van der Waals surface area contributed by atoms with Gasteiger partial charge in [-0.15, -0.1) is 0 Å². The fourth-order valence-electron chi connectivity index (χ4n) is 0.874. The molecule has 0 saturated heterocycles. The summed E-state index contributed by atoms with van der Waals surface area (Å²) in [6.07, 6.45) is 5.00. The highest BCUT2D eigenvalue weighted by molar-refractivity contribution is 5.64. The van der Waals surface area contributed by atoms with Crippen LogP contribution in [0.2, 0.25) is 0 Å². The summed E-state index contributed by atoms with van der Waals surface area (Å²) in [5, 5.41) is 0. The van der Waals surface area contributed by atoms with Gasteiger partial charge in [0.05, 0.1) is 0 Å². The van der Waals surface area contributed by atoms with Gasteiger partial charge in [0.2, 0.25) is 0 Å². The van der Waals surface area contributed by atoms with Crippen LogP contribution in [0.15, 0.2) is 42.5 Å². The molecule has 0 fully saturated rings. The van der Waals surface area contributed by atoms with Crippen molar-refractivity contribution >= 4 is 6.29 Å². The number of carbonyl (C=O) groups is 1. The van der Waals surface area contributed by atoms with E-state index in [9.17, 15) is 4.79 Å². The lowest BCUT2D eigenvalue weighted by atomic mass is 10.1. The zero-order chi connectivity index (χ0) is 7.94. The lowest BCUT2D eigenvalue weighted by Gasteiger charge is -1.91. The average molecular weight is 146 g/mol. The molecule has 0 heterocycles. The van der Waals surface area contributed by atoms with Gasteiger partial charge >= 0.3 is 0 Å². The lowest BCUT2D eigenvalue weighted by Crippen LogP contribution is -1.77. The van der Waals surface area contributed by atoms with Gasteiger partial charge in [-0.3, -0.25) is 4.79 Å². The van der Waals surface area contributed by atoms with Crippen molar-refractivity contribution in [1.82, 2.24) is 0 Å². The van der Waals surface area contributed by atoms with E-state index in [-0.39, 0.29) is 0 Å². The first-order valence-electron chi connectivity index (χ1n) is 3.57. The maximum absolute atomic E-state index is 9.91. The Morgan fingerprint density at radius 1 is 1.18 bits per heavy atom. The minimum absolute atomic E-state index is 0.795. The smallest absolute Gasteiger partial charge is 0.142 e. The number of carbonyl (C=O) groups excluding carboxylic acids is 1. The molecule has 0 atom stereocenters. The largest absolute Gasteiger partial charge is 0.299 e. The molecule has 0 amide bonds. The Morgan fingerprint density at radius 2 is 1.91 bits per heavy atom. The second-order valence-electron chi connectivity index (χ2n) is 2.25. The fraction of sp³-hybridized carbons (Fsp3) is 0.100. The van der Waals surface area contributed by atoms with Crippen molar-refractivity contribution in [2.45, 2.75) is 6.42 Å². The Balaban J connectivity index is 2.51. The molecule has 1 aromatic rings. The molecule has 0 radical (unpaired) electrons. The summed E-state index contributed by atoms with van der Waals surface area (Å²) < 4.78 is 0. The molecule has 1 aromatic carbocycles. The number of benzene rings is 1. The minimum atomic E-state index is 0.795. The van der Waals surface area contributed by atoms with Crippen LogP contribution >= 0.6 is 0 Å². The van der Waals surface area contributed by atoms with Gasteiger partial charge in [-0.05, 0) is 18.1 Å². The standard InChI is InChI=1S/C10H10O/c11-9-5-4-8-10-6-2-1-3-7-10/h1-7,9H,8H2. The van der Waals surface area contributed by atoms with Crippen LogP contribution in [0.4, 0.5) is 0 Å². The number of rotatable bonds is 3. The van der Waals surface area contributed by atoms with E-state index in [0.29, 0.717) is 0 Å². The Kier molecular flexibility index (Phi) is 3.13. The first-order valence-corrected chi connectivity index (χ1v) is 3.57. The van der Waals surface area contributed by atoms with Gasteiger partial charge in [0.25, 0.3) is 0 Å². The maximum Gasteiger partial charge on any atom is 0.142 e. The summed E-state index contributed by atoms with van der Waals surface area (Å²) in [6.45, 7) is 0. The highest BCUT2D eigenvalue weighted by Gasteiger charge is 1.83. The topological polar surface area (TPSA) is 17.1 Å². The van der Waals surface area contributed by atoms with E-state index in [0.717, 1.165) is 12.7 Å². The van der Waals surface area contributed by atoms with Crippen LogP contribution in [0, 0.1) is 0 Å². The highest BCUT2D eigenvalue weighted by atomic mass is 16.1. The van der Waals surface area contributed by atoms with E-state index in [1.807, 2.05) is 36.4 Å². The summed E-state index contributed by atoms with van der Waals surface area (Å²) in [7, 11) is 0. The van der Waals surface area contributed by atoms with Crippen LogP contribution in [0.1, 0.15) is 5.56 Å². The third-order valence-corrected chi connectivity index (χ3v) is 1.41. The molecule has 0 aliphatic heterocycles. The van der Waals surface area contributed by atoms with Crippen molar-refractivity contribution in [2.24, 2.45) is 0 Å². The quantitative estimate of drug-likeness (QED) is 0.470. The molecular formula is C10H10O. The Hall–Kier alpha value is -1.37. The molecule has 0 bridgehead atoms. The van der Waals surface area contributed by atoms with Crippen molar-refractivity contribution in [1.29, 1.82) is 0 Å². The normalized spacial score (nSPS) is 10.2. The predicted octanol–water partition coefficient (Wildman–Crippen LogP) is 1.98. The Labute approximate surface area is 66.4 Å². The zero-order valence-electron chi connectivity index (χ0n) is 6.23. The number of hydrogen-bond acceptors (Lipinski definition) is 1. The SMILES string of the molecule is O=CC=CCc1ccccc1. The Morgan fingerprint density at radius 3 is 2.55 bits per heavy atom. The van der Waals surface area contributed by atoms with Gasteiger partial charge in [-0.25, -0.2) is 0 Å². The summed E-state index contributed by atoms with van der Waals surface area (Å²) in [6, 6.07) is 10.0. The molecule has 0 aliphatic carbocycles. The summed E-state index contributed by atoms with van der Waals surface area (Å²) in [5.41, 5.74) is 1.23.